The molecule has 0 amide bonds. The molecule has 26 heavy (non-hydrogen) atoms. The van der Waals surface area contributed by atoms with Crippen molar-refractivity contribution in [2.45, 2.75) is 6.36 Å². The Bertz CT molecular complexity index is 979. The summed E-state index contributed by atoms with van der Waals surface area (Å²) in [5.41, 5.74) is 2.13. The molecule has 0 bridgehead atoms. The van der Waals surface area contributed by atoms with Crippen molar-refractivity contribution < 1.29 is 27.8 Å². The van der Waals surface area contributed by atoms with Crippen LogP contribution in [0.4, 0.5) is 13.2 Å². The molecule has 0 radical (unpaired) electrons. The van der Waals surface area contributed by atoms with Gasteiger partial charge in [-0.1, -0.05) is 30.4 Å². The quantitative estimate of drug-likeness (QED) is 0.666. The van der Waals surface area contributed by atoms with Gasteiger partial charge < -0.3 is 9.84 Å². The van der Waals surface area contributed by atoms with Gasteiger partial charge in [0, 0.05) is 11.6 Å². The number of carboxylic acids is 1. The summed E-state index contributed by atoms with van der Waals surface area (Å²) in [6.45, 7) is 0. The lowest BCUT2D eigenvalue weighted by Gasteiger charge is -2.08. The molecule has 0 saturated carbocycles. The van der Waals surface area contributed by atoms with E-state index in [1.54, 1.807) is 30.4 Å². The fourth-order valence-electron chi connectivity index (χ4n) is 2.43. The number of alkyl halides is 3. The number of carbonyl (C=O) groups is 1. The Balaban J connectivity index is 1.84. The van der Waals surface area contributed by atoms with Crippen molar-refractivity contribution in [3.8, 4) is 5.75 Å². The lowest BCUT2D eigenvalue weighted by molar-refractivity contribution is -0.274. The van der Waals surface area contributed by atoms with Crippen molar-refractivity contribution in [3.05, 3.63) is 71.4 Å². The number of hydrogen-bond donors (Lipinski definition) is 1. The highest BCUT2D eigenvalue weighted by atomic mass is 19.4. The van der Waals surface area contributed by atoms with E-state index >= 15 is 0 Å². The number of rotatable bonds is 4. The van der Waals surface area contributed by atoms with Gasteiger partial charge in [-0.15, -0.1) is 13.2 Å². The molecule has 0 aliphatic heterocycles. The summed E-state index contributed by atoms with van der Waals surface area (Å²) in [5.74, 6) is -1.34. The van der Waals surface area contributed by atoms with E-state index in [2.05, 4.69) is 9.72 Å². The zero-order valence-electron chi connectivity index (χ0n) is 13.2. The van der Waals surface area contributed by atoms with Crippen LogP contribution in [0, 0.1) is 0 Å². The molecule has 0 aliphatic rings. The van der Waals surface area contributed by atoms with E-state index < -0.39 is 12.3 Å². The molecule has 7 heteroatoms. The highest BCUT2D eigenvalue weighted by Gasteiger charge is 2.30. The first-order valence-corrected chi connectivity index (χ1v) is 7.48. The molecule has 1 N–H and O–H groups in total. The van der Waals surface area contributed by atoms with Crippen LogP contribution in [0.3, 0.4) is 0 Å². The largest absolute Gasteiger partial charge is 0.573 e. The molecule has 2 aromatic carbocycles. The van der Waals surface area contributed by atoms with Crippen LogP contribution in [-0.2, 0) is 0 Å². The third-order valence-electron chi connectivity index (χ3n) is 3.58. The standard InChI is InChI=1S/C19H12F3NO3/c20-19(21,22)26-14-6-3-12(4-7-14)1-2-13-5-8-17-16(11-13)15(18(24)25)9-10-23-17/h1-11H,(H,24,25)/b2-1+. The minimum Gasteiger partial charge on any atom is -0.478 e. The van der Waals surface area contributed by atoms with Gasteiger partial charge in [-0.05, 0) is 41.5 Å². The van der Waals surface area contributed by atoms with Crippen molar-refractivity contribution in [2.24, 2.45) is 0 Å². The second-order valence-corrected chi connectivity index (χ2v) is 5.39. The van der Waals surface area contributed by atoms with E-state index in [1.807, 2.05) is 0 Å². The molecule has 1 aromatic heterocycles. The van der Waals surface area contributed by atoms with E-state index in [-0.39, 0.29) is 11.3 Å². The highest BCUT2D eigenvalue weighted by molar-refractivity contribution is 6.03. The van der Waals surface area contributed by atoms with Crippen LogP contribution < -0.4 is 4.74 Å². The van der Waals surface area contributed by atoms with Crippen LogP contribution in [0.15, 0.2) is 54.7 Å². The van der Waals surface area contributed by atoms with Crippen LogP contribution in [0.25, 0.3) is 23.1 Å². The van der Waals surface area contributed by atoms with Gasteiger partial charge in [-0.3, -0.25) is 4.98 Å². The molecule has 0 fully saturated rings. The van der Waals surface area contributed by atoms with Crippen molar-refractivity contribution in [1.29, 1.82) is 0 Å². The van der Waals surface area contributed by atoms with Gasteiger partial charge in [0.25, 0.3) is 0 Å². The van der Waals surface area contributed by atoms with Crippen molar-refractivity contribution in [2.75, 3.05) is 0 Å². The third-order valence-corrected chi connectivity index (χ3v) is 3.58. The fourth-order valence-corrected chi connectivity index (χ4v) is 2.43. The number of ether oxygens (including phenoxy) is 1. The summed E-state index contributed by atoms with van der Waals surface area (Å²) in [7, 11) is 0. The van der Waals surface area contributed by atoms with E-state index in [9.17, 15) is 23.1 Å². The summed E-state index contributed by atoms with van der Waals surface area (Å²) in [6, 6.07) is 12.0. The highest BCUT2D eigenvalue weighted by Crippen LogP contribution is 2.24. The molecule has 3 rings (SSSR count). The van der Waals surface area contributed by atoms with Gasteiger partial charge in [0.15, 0.2) is 0 Å². The first kappa shape index (κ1) is 17.5. The Morgan fingerprint density at radius 2 is 1.65 bits per heavy atom. The molecule has 4 nitrogen and oxygen atoms in total. The molecule has 132 valence electrons. The maximum Gasteiger partial charge on any atom is 0.573 e. The lowest BCUT2D eigenvalue weighted by Crippen LogP contribution is -2.16. The van der Waals surface area contributed by atoms with Gasteiger partial charge in [0.1, 0.15) is 5.75 Å². The Hall–Kier alpha value is -3.35. The predicted molar refractivity (Wildman–Crippen MR) is 90.8 cm³/mol. The molecule has 3 aromatic rings. The van der Waals surface area contributed by atoms with Crippen LogP contribution in [0.5, 0.6) is 5.75 Å². The first-order chi connectivity index (χ1) is 12.3. The van der Waals surface area contributed by atoms with Crippen molar-refractivity contribution in [1.82, 2.24) is 4.98 Å². The summed E-state index contributed by atoms with van der Waals surface area (Å²) in [5, 5.41) is 9.76. The normalized spacial score (nSPS) is 11.8. The molecule has 0 aliphatic carbocycles. The fraction of sp³-hybridized carbons (Fsp3) is 0.0526. The topological polar surface area (TPSA) is 59.4 Å². The average Bonchev–Trinajstić information content (AvgIpc) is 2.59. The van der Waals surface area contributed by atoms with Crippen molar-refractivity contribution in [3.63, 3.8) is 0 Å². The first-order valence-electron chi connectivity index (χ1n) is 7.48. The molecule has 0 unspecified atom stereocenters. The minimum absolute atomic E-state index is 0.152. The molecule has 0 atom stereocenters. The maximum atomic E-state index is 12.1. The van der Waals surface area contributed by atoms with Crippen LogP contribution in [0.1, 0.15) is 21.5 Å². The molecular formula is C19H12F3NO3. The van der Waals surface area contributed by atoms with E-state index in [4.69, 9.17) is 0 Å². The number of aromatic nitrogens is 1. The predicted octanol–water partition coefficient (Wildman–Crippen LogP) is 5.00. The molecule has 1 heterocycles. The van der Waals surface area contributed by atoms with Gasteiger partial charge in [-0.2, -0.15) is 0 Å². The Morgan fingerprint density at radius 1 is 1.00 bits per heavy atom. The summed E-state index contributed by atoms with van der Waals surface area (Å²) in [4.78, 5) is 15.4. The molecule has 0 spiro atoms. The van der Waals surface area contributed by atoms with Gasteiger partial charge in [-0.25, -0.2) is 4.79 Å². The van der Waals surface area contributed by atoms with Crippen LogP contribution >= 0.6 is 0 Å². The van der Waals surface area contributed by atoms with E-state index in [1.165, 1.54) is 36.5 Å². The van der Waals surface area contributed by atoms with E-state index in [0.29, 0.717) is 16.5 Å². The number of hydrogen-bond acceptors (Lipinski definition) is 3. The summed E-state index contributed by atoms with van der Waals surface area (Å²) < 4.78 is 40.3. The monoisotopic (exact) mass is 359 g/mol. The smallest absolute Gasteiger partial charge is 0.478 e. The number of carboxylic acid groups (broad SMARTS) is 1. The molecule has 0 saturated heterocycles. The number of benzene rings is 2. The number of nitrogens with zero attached hydrogens (tertiary/aromatic N) is 1. The van der Waals surface area contributed by atoms with Crippen LogP contribution in [0.2, 0.25) is 0 Å². The summed E-state index contributed by atoms with van der Waals surface area (Å²) >= 11 is 0. The zero-order chi connectivity index (χ0) is 18.7. The molecular weight excluding hydrogens is 347 g/mol. The average molecular weight is 359 g/mol. The van der Waals surface area contributed by atoms with Gasteiger partial charge in [0.05, 0.1) is 11.1 Å². The second-order valence-electron chi connectivity index (χ2n) is 5.39. The number of fused-ring (bicyclic) bond motifs is 1. The van der Waals surface area contributed by atoms with E-state index in [0.717, 1.165) is 5.56 Å². The van der Waals surface area contributed by atoms with Crippen LogP contribution in [-0.4, -0.2) is 22.4 Å². The SMILES string of the molecule is O=C(O)c1ccnc2ccc(/C=C/c3ccc(OC(F)(F)F)cc3)cc12. The second kappa shape index (κ2) is 6.87. The van der Waals surface area contributed by atoms with Crippen molar-refractivity contribution >= 4 is 29.0 Å². The maximum absolute atomic E-state index is 12.1. The zero-order valence-corrected chi connectivity index (χ0v) is 13.2. The minimum atomic E-state index is -4.72. The summed E-state index contributed by atoms with van der Waals surface area (Å²) in [6.07, 6.45) is 0.150. The Labute approximate surface area is 146 Å². The number of aromatic carboxylic acids is 1. The Morgan fingerprint density at radius 3 is 2.31 bits per heavy atom. The lowest BCUT2D eigenvalue weighted by atomic mass is 10.0. The van der Waals surface area contributed by atoms with Gasteiger partial charge in [0.2, 0.25) is 0 Å². The number of pyridine rings is 1. The Kier molecular flexibility index (Phi) is 4.62. The number of halogens is 3. The third kappa shape index (κ3) is 4.18. The van der Waals surface area contributed by atoms with Gasteiger partial charge >= 0.3 is 12.3 Å².